The summed E-state index contributed by atoms with van der Waals surface area (Å²) >= 11 is 0. The molecule has 0 aliphatic carbocycles. The van der Waals surface area contributed by atoms with E-state index < -0.39 is 0 Å². The smallest absolute Gasteiger partial charge is 0.323 e. The van der Waals surface area contributed by atoms with Gasteiger partial charge in [-0.05, 0) is 32.7 Å². The van der Waals surface area contributed by atoms with Gasteiger partial charge < -0.3 is 9.84 Å². The van der Waals surface area contributed by atoms with Crippen molar-refractivity contribution in [1.82, 2.24) is 4.90 Å². The molecular formula is C11H19NO3. The van der Waals surface area contributed by atoms with Crippen molar-refractivity contribution in [3.63, 3.8) is 0 Å². The van der Waals surface area contributed by atoms with Crippen molar-refractivity contribution < 1.29 is 14.6 Å². The van der Waals surface area contributed by atoms with Gasteiger partial charge in [-0.15, -0.1) is 0 Å². The molecule has 0 spiro atoms. The first-order valence-electron chi connectivity index (χ1n) is 5.79. The zero-order valence-electron chi connectivity index (χ0n) is 9.19. The SMILES string of the molecule is CC(O)CC1CCCN1C1CCOC1=O. The molecule has 0 radical (unpaired) electrons. The number of nitrogens with zero attached hydrogens (tertiary/aromatic N) is 1. The minimum Gasteiger partial charge on any atom is -0.464 e. The van der Waals surface area contributed by atoms with Gasteiger partial charge in [0.05, 0.1) is 12.7 Å². The number of likely N-dealkylation sites (tertiary alicyclic amines) is 1. The molecular weight excluding hydrogens is 194 g/mol. The Kier molecular flexibility index (Phi) is 3.26. The molecule has 2 aliphatic rings. The van der Waals surface area contributed by atoms with E-state index in [1.807, 2.05) is 6.92 Å². The minimum atomic E-state index is -0.284. The van der Waals surface area contributed by atoms with Crippen molar-refractivity contribution in [3.8, 4) is 0 Å². The van der Waals surface area contributed by atoms with Crippen molar-refractivity contribution in [3.05, 3.63) is 0 Å². The van der Waals surface area contributed by atoms with E-state index in [4.69, 9.17) is 4.74 Å². The number of carbonyl (C=O) groups excluding carboxylic acids is 1. The maximum atomic E-state index is 11.5. The zero-order valence-corrected chi connectivity index (χ0v) is 9.19. The first-order chi connectivity index (χ1) is 7.18. The zero-order chi connectivity index (χ0) is 10.8. The maximum absolute atomic E-state index is 11.5. The first-order valence-corrected chi connectivity index (χ1v) is 5.79. The van der Waals surface area contributed by atoms with Crippen molar-refractivity contribution in [2.24, 2.45) is 0 Å². The monoisotopic (exact) mass is 213 g/mol. The van der Waals surface area contributed by atoms with Crippen molar-refractivity contribution >= 4 is 5.97 Å². The van der Waals surface area contributed by atoms with Gasteiger partial charge in [0.1, 0.15) is 6.04 Å². The van der Waals surface area contributed by atoms with Crippen molar-refractivity contribution in [1.29, 1.82) is 0 Å². The summed E-state index contributed by atoms with van der Waals surface area (Å²) in [5, 5.41) is 9.40. The van der Waals surface area contributed by atoms with E-state index in [1.54, 1.807) is 0 Å². The summed E-state index contributed by atoms with van der Waals surface area (Å²) in [5.74, 6) is -0.0764. The highest BCUT2D eigenvalue weighted by Gasteiger charge is 2.38. The molecule has 4 nitrogen and oxygen atoms in total. The lowest BCUT2D eigenvalue weighted by Gasteiger charge is -2.28. The fourth-order valence-corrected chi connectivity index (χ4v) is 2.70. The van der Waals surface area contributed by atoms with Crippen LogP contribution in [0.4, 0.5) is 0 Å². The predicted molar refractivity (Wildman–Crippen MR) is 55.4 cm³/mol. The molecule has 2 fully saturated rings. The molecule has 1 N–H and O–H groups in total. The standard InChI is InChI=1S/C11H19NO3/c1-8(13)7-9-3-2-5-12(9)10-4-6-15-11(10)14/h8-10,13H,2-7H2,1H3. The van der Waals surface area contributed by atoms with Crippen LogP contribution in [0.15, 0.2) is 0 Å². The Hall–Kier alpha value is -0.610. The lowest BCUT2D eigenvalue weighted by atomic mass is 10.1. The third-order valence-corrected chi connectivity index (χ3v) is 3.34. The van der Waals surface area contributed by atoms with E-state index in [9.17, 15) is 9.90 Å². The van der Waals surface area contributed by atoms with Gasteiger partial charge in [-0.25, -0.2) is 0 Å². The van der Waals surface area contributed by atoms with Gasteiger partial charge in [0.15, 0.2) is 0 Å². The molecule has 0 aromatic rings. The van der Waals surface area contributed by atoms with Gasteiger partial charge in [0.25, 0.3) is 0 Å². The molecule has 2 heterocycles. The maximum Gasteiger partial charge on any atom is 0.323 e. The highest BCUT2D eigenvalue weighted by Crippen LogP contribution is 2.27. The van der Waals surface area contributed by atoms with E-state index >= 15 is 0 Å². The molecule has 3 unspecified atom stereocenters. The Morgan fingerprint density at radius 1 is 1.60 bits per heavy atom. The van der Waals surface area contributed by atoms with Gasteiger partial charge in [0.2, 0.25) is 0 Å². The Morgan fingerprint density at radius 3 is 3.00 bits per heavy atom. The van der Waals surface area contributed by atoms with E-state index in [2.05, 4.69) is 4.90 Å². The summed E-state index contributed by atoms with van der Waals surface area (Å²) in [6.45, 7) is 3.34. The normalized spacial score (nSPS) is 34.4. The van der Waals surface area contributed by atoms with E-state index in [0.717, 1.165) is 32.2 Å². The number of cyclic esters (lactones) is 1. The lowest BCUT2D eigenvalue weighted by Crippen LogP contribution is -2.42. The fraction of sp³-hybridized carbons (Fsp3) is 0.909. The highest BCUT2D eigenvalue weighted by atomic mass is 16.5. The van der Waals surface area contributed by atoms with Crippen LogP contribution in [0.25, 0.3) is 0 Å². The predicted octanol–water partition coefficient (Wildman–Crippen LogP) is 0.537. The molecule has 0 bridgehead atoms. The van der Waals surface area contributed by atoms with Crippen LogP contribution in [-0.4, -0.2) is 47.3 Å². The average molecular weight is 213 g/mol. The largest absolute Gasteiger partial charge is 0.464 e. The third kappa shape index (κ3) is 2.32. The quantitative estimate of drug-likeness (QED) is 0.695. The van der Waals surface area contributed by atoms with Gasteiger partial charge >= 0.3 is 5.97 Å². The van der Waals surface area contributed by atoms with Crippen LogP contribution in [-0.2, 0) is 9.53 Å². The molecule has 0 amide bonds. The Bertz CT molecular complexity index is 242. The Balaban J connectivity index is 1.97. The fourth-order valence-electron chi connectivity index (χ4n) is 2.70. The van der Waals surface area contributed by atoms with Gasteiger partial charge in [0, 0.05) is 12.5 Å². The number of aliphatic hydroxyl groups excluding tert-OH is 1. The van der Waals surface area contributed by atoms with Gasteiger partial charge in [-0.2, -0.15) is 0 Å². The summed E-state index contributed by atoms with van der Waals surface area (Å²) in [5.41, 5.74) is 0. The molecule has 0 saturated carbocycles. The van der Waals surface area contributed by atoms with E-state index in [1.165, 1.54) is 0 Å². The summed E-state index contributed by atoms with van der Waals surface area (Å²) in [6.07, 6.45) is 3.52. The number of hydrogen-bond acceptors (Lipinski definition) is 4. The Morgan fingerprint density at radius 2 is 2.40 bits per heavy atom. The second-order valence-corrected chi connectivity index (χ2v) is 4.59. The number of rotatable bonds is 3. The van der Waals surface area contributed by atoms with Crippen LogP contribution in [0.1, 0.15) is 32.6 Å². The molecule has 3 atom stereocenters. The number of esters is 1. The summed E-state index contributed by atoms with van der Waals surface area (Å²) in [6, 6.07) is 0.317. The van der Waals surface area contributed by atoms with Gasteiger partial charge in [-0.1, -0.05) is 0 Å². The highest BCUT2D eigenvalue weighted by molar-refractivity contribution is 5.77. The van der Waals surface area contributed by atoms with Gasteiger partial charge in [-0.3, -0.25) is 9.69 Å². The molecule has 86 valence electrons. The van der Waals surface area contributed by atoms with Crippen LogP contribution >= 0.6 is 0 Å². The first kappa shape index (κ1) is 10.9. The van der Waals surface area contributed by atoms with Crippen LogP contribution in [0, 0.1) is 0 Å². The molecule has 2 aliphatic heterocycles. The lowest BCUT2D eigenvalue weighted by molar-refractivity contribution is -0.142. The molecule has 4 heteroatoms. The summed E-state index contributed by atoms with van der Waals surface area (Å²) in [7, 11) is 0. The number of aliphatic hydroxyl groups is 1. The second-order valence-electron chi connectivity index (χ2n) is 4.59. The van der Waals surface area contributed by atoms with Crippen molar-refractivity contribution in [2.75, 3.05) is 13.2 Å². The number of carbonyl (C=O) groups is 1. The molecule has 2 rings (SSSR count). The second kappa shape index (κ2) is 4.49. The van der Waals surface area contributed by atoms with E-state index in [-0.39, 0.29) is 18.1 Å². The minimum absolute atomic E-state index is 0.0451. The van der Waals surface area contributed by atoms with E-state index in [0.29, 0.717) is 12.6 Å². The van der Waals surface area contributed by atoms with Crippen LogP contribution in [0.3, 0.4) is 0 Å². The van der Waals surface area contributed by atoms with Crippen LogP contribution in [0.5, 0.6) is 0 Å². The van der Waals surface area contributed by atoms with Crippen LogP contribution < -0.4 is 0 Å². The summed E-state index contributed by atoms with van der Waals surface area (Å²) in [4.78, 5) is 13.7. The topological polar surface area (TPSA) is 49.8 Å². The molecule has 2 saturated heterocycles. The van der Waals surface area contributed by atoms with Crippen LogP contribution in [0.2, 0.25) is 0 Å². The third-order valence-electron chi connectivity index (χ3n) is 3.34. The van der Waals surface area contributed by atoms with Crippen molar-refractivity contribution in [2.45, 2.75) is 50.8 Å². The average Bonchev–Trinajstić information content (AvgIpc) is 2.73. The Labute approximate surface area is 90.2 Å². The summed E-state index contributed by atoms with van der Waals surface area (Å²) < 4.78 is 4.99. The molecule has 0 aromatic heterocycles. The number of hydrogen-bond donors (Lipinski definition) is 1. The molecule has 15 heavy (non-hydrogen) atoms. The molecule has 0 aromatic carbocycles. The number of ether oxygens (including phenoxy) is 1.